The molecule has 0 radical (unpaired) electrons. The summed E-state index contributed by atoms with van der Waals surface area (Å²) in [7, 11) is 0. The number of nitro benzene ring substituents is 2. The predicted molar refractivity (Wildman–Crippen MR) is 69.2 cm³/mol. The number of benzene rings is 1. The molecule has 11 heteroatoms. The van der Waals surface area contributed by atoms with Crippen LogP contribution in [0.15, 0.2) is 28.9 Å². The van der Waals surface area contributed by atoms with Crippen molar-refractivity contribution in [3.05, 3.63) is 55.4 Å². The van der Waals surface area contributed by atoms with Crippen LogP contribution in [-0.2, 0) is 0 Å². The van der Waals surface area contributed by atoms with E-state index in [1.807, 2.05) is 0 Å². The van der Waals surface area contributed by atoms with Crippen LogP contribution < -0.4 is 5.32 Å². The number of anilines is 1. The zero-order chi connectivity index (χ0) is 15.6. The average molecular weight is 313 g/mol. The first-order valence-corrected chi connectivity index (χ1v) is 5.62. The van der Waals surface area contributed by atoms with Crippen molar-refractivity contribution in [2.75, 3.05) is 5.32 Å². The van der Waals surface area contributed by atoms with Crippen LogP contribution in [0, 0.1) is 20.2 Å². The fourth-order valence-corrected chi connectivity index (χ4v) is 1.72. The summed E-state index contributed by atoms with van der Waals surface area (Å²) in [6.45, 7) is 0. The molecule has 0 spiro atoms. The van der Waals surface area contributed by atoms with E-state index in [0.717, 1.165) is 6.07 Å². The lowest BCUT2D eigenvalue weighted by atomic mass is 10.2. The normalized spacial score (nSPS) is 10.1. The number of hydrogen-bond donors (Lipinski definition) is 1. The Bertz CT molecular complexity index is 729. The summed E-state index contributed by atoms with van der Waals surface area (Å²) < 4.78 is 4.59. The van der Waals surface area contributed by atoms with E-state index in [9.17, 15) is 25.0 Å². The van der Waals surface area contributed by atoms with Crippen molar-refractivity contribution in [2.45, 2.75) is 0 Å². The van der Waals surface area contributed by atoms with Gasteiger partial charge in [0.2, 0.25) is 5.76 Å². The molecule has 1 aromatic heterocycles. The lowest BCUT2D eigenvalue weighted by Crippen LogP contribution is -2.13. The first-order valence-electron chi connectivity index (χ1n) is 5.24. The van der Waals surface area contributed by atoms with Gasteiger partial charge >= 0.3 is 5.69 Å². The average Bonchev–Trinajstić information content (AvgIpc) is 2.94. The lowest BCUT2D eigenvalue weighted by molar-refractivity contribution is -0.393. The maximum absolute atomic E-state index is 11.8. The molecule has 0 aliphatic carbocycles. The summed E-state index contributed by atoms with van der Waals surface area (Å²) in [5, 5.41) is 26.7. The number of rotatable bonds is 4. The van der Waals surface area contributed by atoms with Crippen molar-refractivity contribution in [2.24, 2.45) is 0 Å². The van der Waals surface area contributed by atoms with Gasteiger partial charge in [0.05, 0.1) is 27.1 Å². The van der Waals surface area contributed by atoms with Crippen molar-refractivity contribution < 1.29 is 19.2 Å². The number of carbonyl (C=O) groups excluding carboxylic acids is 1. The molecule has 0 fully saturated rings. The van der Waals surface area contributed by atoms with Crippen LogP contribution >= 0.6 is 11.6 Å². The van der Waals surface area contributed by atoms with Crippen molar-refractivity contribution in [1.82, 2.24) is 5.16 Å². The summed E-state index contributed by atoms with van der Waals surface area (Å²) in [4.78, 5) is 31.7. The van der Waals surface area contributed by atoms with Crippen LogP contribution in [0.1, 0.15) is 10.6 Å². The van der Waals surface area contributed by atoms with Crippen LogP contribution in [0.25, 0.3) is 0 Å². The second-order valence-corrected chi connectivity index (χ2v) is 4.07. The summed E-state index contributed by atoms with van der Waals surface area (Å²) >= 11 is 5.76. The Morgan fingerprint density at radius 3 is 2.52 bits per heavy atom. The minimum absolute atomic E-state index is 0.196. The second-order valence-electron chi connectivity index (χ2n) is 3.67. The molecule has 0 atom stereocenters. The van der Waals surface area contributed by atoms with E-state index in [2.05, 4.69) is 15.0 Å². The highest BCUT2D eigenvalue weighted by molar-refractivity contribution is 6.34. The lowest BCUT2D eigenvalue weighted by Gasteiger charge is -2.06. The van der Waals surface area contributed by atoms with Gasteiger partial charge in [0.1, 0.15) is 5.69 Å². The molecule has 0 bridgehead atoms. The second kappa shape index (κ2) is 5.54. The first kappa shape index (κ1) is 14.4. The maximum atomic E-state index is 11.8. The van der Waals surface area contributed by atoms with E-state index < -0.39 is 27.1 Å². The molecule has 2 aromatic rings. The molecule has 10 nitrogen and oxygen atoms in total. The highest BCUT2D eigenvalue weighted by atomic mass is 35.5. The number of nitrogens with one attached hydrogen (secondary N) is 1. The topological polar surface area (TPSA) is 141 Å². The molecule has 0 aliphatic rings. The van der Waals surface area contributed by atoms with Crippen molar-refractivity contribution in [1.29, 1.82) is 0 Å². The minimum atomic E-state index is -0.894. The van der Waals surface area contributed by atoms with Gasteiger partial charge in [0, 0.05) is 12.1 Å². The molecule has 0 aliphatic heterocycles. The third-order valence-electron chi connectivity index (χ3n) is 2.36. The van der Waals surface area contributed by atoms with Crippen molar-refractivity contribution >= 4 is 34.6 Å². The summed E-state index contributed by atoms with van der Waals surface area (Å²) in [6.07, 6.45) is 1.21. The van der Waals surface area contributed by atoms with Gasteiger partial charge in [-0.1, -0.05) is 16.8 Å². The number of aromatic nitrogens is 1. The van der Waals surface area contributed by atoms with E-state index in [4.69, 9.17) is 11.6 Å². The number of hydrogen-bond acceptors (Lipinski definition) is 7. The number of non-ortho nitro benzene ring substituents is 1. The quantitative estimate of drug-likeness (QED) is 0.674. The van der Waals surface area contributed by atoms with Gasteiger partial charge < -0.3 is 9.84 Å². The smallest absolute Gasteiger partial charge is 0.301 e. The van der Waals surface area contributed by atoms with E-state index in [-0.39, 0.29) is 16.5 Å². The molecule has 0 unspecified atom stereocenters. The Kier molecular flexibility index (Phi) is 3.80. The van der Waals surface area contributed by atoms with E-state index in [1.54, 1.807) is 0 Å². The molecule has 1 heterocycles. The molecule has 0 saturated heterocycles. The Morgan fingerprint density at radius 2 is 2.00 bits per heavy atom. The molecular formula is C10H5ClN4O6. The molecule has 21 heavy (non-hydrogen) atoms. The first-order chi connectivity index (χ1) is 9.90. The van der Waals surface area contributed by atoms with Gasteiger partial charge in [0.15, 0.2) is 0 Å². The van der Waals surface area contributed by atoms with Gasteiger partial charge in [-0.05, 0) is 0 Å². The largest absolute Gasteiger partial charge is 0.351 e. The molecule has 1 aromatic carbocycles. The summed E-state index contributed by atoms with van der Waals surface area (Å²) in [5.41, 5.74) is -1.64. The number of nitro groups is 2. The SMILES string of the molecule is O=C(Nc1c(Cl)cc([N+](=O)[O-])cc1[N+](=O)[O-])c1ccno1. The fourth-order valence-electron chi connectivity index (χ4n) is 1.46. The number of amides is 1. The van der Waals surface area contributed by atoms with Crippen molar-refractivity contribution in [3.63, 3.8) is 0 Å². The number of carbonyl (C=O) groups is 1. The Morgan fingerprint density at radius 1 is 1.29 bits per heavy atom. The summed E-state index contributed by atoms with van der Waals surface area (Å²) in [6, 6.07) is 2.83. The molecular weight excluding hydrogens is 308 g/mol. The van der Waals surface area contributed by atoms with E-state index in [0.29, 0.717) is 6.07 Å². The number of halogens is 1. The predicted octanol–water partition coefficient (Wildman–Crippen LogP) is 2.40. The van der Waals surface area contributed by atoms with Gasteiger partial charge in [0.25, 0.3) is 11.6 Å². The Balaban J connectivity index is 2.45. The Hall–Kier alpha value is -3.01. The third kappa shape index (κ3) is 2.95. The van der Waals surface area contributed by atoms with Gasteiger partial charge in [-0.15, -0.1) is 0 Å². The van der Waals surface area contributed by atoms with Crippen LogP contribution in [-0.4, -0.2) is 20.9 Å². The Labute approximate surface area is 120 Å². The monoisotopic (exact) mass is 312 g/mol. The van der Waals surface area contributed by atoms with Crippen LogP contribution in [0.4, 0.5) is 17.1 Å². The van der Waals surface area contributed by atoms with Gasteiger partial charge in [-0.2, -0.15) is 0 Å². The van der Waals surface area contributed by atoms with E-state index in [1.165, 1.54) is 12.3 Å². The van der Waals surface area contributed by atoms with E-state index >= 15 is 0 Å². The maximum Gasteiger partial charge on any atom is 0.301 e. The standard InChI is InChI=1S/C10H5ClN4O6/c11-6-3-5(14(17)18)4-7(15(19)20)9(6)13-10(16)8-1-2-12-21-8/h1-4H,(H,13,16). The minimum Gasteiger partial charge on any atom is -0.351 e. The molecule has 1 N–H and O–H groups in total. The van der Waals surface area contributed by atoms with Gasteiger partial charge in [-0.25, -0.2) is 0 Å². The zero-order valence-corrected chi connectivity index (χ0v) is 10.7. The van der Waals surface area contributed by atoms with Crippen molar-refractivity contribution in [3.8, 4) is 0 Å². The highest BCUT2D eigenvalue weighted by Gasteiger charge is 2.25. The zero-order valence-electron chi connectivity index (χ0n) is 9.98. The van der Waals surface area contributed by atoms with Crippen LogP contribution in [0.3, 0.4) is 0 Å². The molecule has 0 saturated carbocycles. The van der Waals surface area contributed by atoms with Crippen LogP contribution in [0.2, 0.25) is 5.02 Å². The molecule has 2 rings (SSSR count). The van der Waals surface area contributed by atoms with Crippen LogP contribution in [0.5, 0.6) is 0 Å². The number of nitrogens with zero attached hydrogens (tertiary/aromatic N) is 3. The highest BCUT2D eigenvalue weighted by Crippen LogP contribution is 2.36. The summed E-state index contributed by atoms with van der Waals surface area (Å²) in [5.74, 6) is -1.02. The molecule has 108 valence electrons. The third-order valence-corrected chi connectivity index (χ3v) is 2.66. The van der Waals surface area contributed by atoms with Gasteiger partial charge in [-0.3, -0.25) is 25.0 Å². The molecule has 1 amide bonds. The fraction of sp³-hybridized carbons (Fsp3) is 0.